The van der Waals surface area contributed by atoms with Crippen LogP contribution >= 0.6 is 0 Å². The third-order valence-corrected chi connectivity index (χ3v) is 1.86. The van der Waals surface area contributed by atoms with Gasteiger partial charge in [0.2, 0.25) is 0 Å². The van der Waals surface area contributed by atoms with Crippen LogP contribution in [-0.4, -0.2) is 18.2 Å². The molecule has 0 unspecified atom stereocenters. The molecule has 0 bridgehead atoms. The molecule has 0 rings (SSSR count). The summed E-state index contributed by atoms with van der Waals surface area (Å²) in [7, 11) is 0. The average Bonchev–Trinajstić information content (AvgIpc) is 2.22. The Balaban J connectivity index is 4.21. The Hall–Kier alpha value is -0.760. The molecule has 0 aliphatic rings. The third-order valence-electron chi connectivity index (χ3n) is 1.86. The summed E-state index contributed by atoms with van der Waals surface area (Å²) >= 11 is 0. The maximum Gasteiger partial charge on any atom is 0.143 e. The first-order valence-electron chi connectivity index (χ1n) is 5.57. The van der Waals surface area contributed by atoms with Crippen molar-refractivity contribution in [3.63, 3.8) is 0 Å². The van der Waals surface area contributed by atoms with Crippen LogP contribution in [0.2, 0.25) is 0 Å². The Labute approximate surface area is 88.2 Å². The van der Waals surface area contributed by atoms with Crippen LogP contribution in [0.3, 0.4) is 0 Å². The first-order chi connectivity index (χ1) is 6.78. The maximum absolute atomic E-state index is 5.70. The van der Waals surface area contributed by atoms with E-state index in [2.05, 4.69) is 39.8 Å². The van der Waals surface area contributed by atoms with Crippen LogP contribution < -0.4 is 0 Å². The molecule has 0 spiro atoms. The molecule has 14 heavy (non-hydrogen) atoms. The third kappa shape index (κ3) is 5.81. The van der Waals surface area contributed by atoms with Crippen LogP contribution in [0, 0.1) is 0 Å². The van der Waals surface area contributed by atoms with Crippen molar-refractivity contribution in [2.75, 3.05) is 13.1 Å². The van der Waals surface area contributed by atoms with E-state index in [0.717, 1.165) is 31.7 Å². The van der Waals surface area contributed by atoms with E-state index in [1.165, 1.54) is 0 Å². The Bertz CT molecular complexity index is 181. The van der Waals surface area contributed by atoms with Crippen molar-refractivity contribution in [1.82, 2.24) is 5.06 Å². The van der Waals surface area contributed by atoms with Gasteiger partial charge in [-0.05, 0) is 38.8 Å². The molecule has 0 N–H and O–H groups in total. The van der Waals surface area contributed by atoms with Gasteiger partial charge in [0.1, 0.15) is 5.76 Å². The van der Waals surface area contributed by atoms with E-state index in [-0.39, 0.29) is 0 Å². The summed E-state index contributed by atoms with van der Waals surface area (Å²) in [5, 5.41) is 1.95. The van der Waals surface area contributed by atoms with Crippen LogP contribution in [0.5, 0.6) is 0 Å². The second kappa shape index (κ2) is 8.82. The second-order valence-electron chi connectivity index (χ2n) is 3.03. The standard InChI is InChI=1S/C12H23NO/c1-5-9-11-12(10-6-2)14-13(7-3)8-4/h9-11H,5-8H2,1-4H3/b11-9+,12-10+. The Kier molecular flexibility index (Phi) is 8.34. The van der Waals surface area contributed by atoms with Crippen LogP contribution in [0.25, 0.3) is 0 Å². The summed E-state index contributed by atoms with van der Waals surface area (Å²) in [6.45, 7) is 10.3. The second-order valence-corrected chi connectivity index (χ2v) is 3.03. The lowest BCUT2D eigenvalue weighted by molar-refractivity contribution is -0.107. The SMILES string of the molecule is CC/C=C/C(=C\CC)ON(CC)CC. The Morgan fingerprint density at radius 1 is 1.07 bits per heavy atom. The summed E-state index contributed by atoms with van der Waals surface area (Å²) in [4.78, 5) is 5.70. The average molecular weight is 197 g/mol. The molecule has 2 nitrogen and oxygen atoms in total. The molecule has 0 saturated carbocycles. The van der Waals surface area contributed by atoms with Gasteiger partial charge in [-0.3, -0.25) is 0 Å². The lowest BCUT2D eigenvalue weighted by Gasteiger charge is -2.19. The quantitative estimate of drug-likeness (QED) is 0.352. The van der Waals surface area contributed by atoms with Gasteiger partial charge in [-0.1, -0.05) is 19.9 Å². The first-order valence-corrected chi connectivity index (χ1v) is 5.57. The number of hydrogen-bond acceptors (Lipinski definition) is 2. The molecule has 82 valence electrons. The van der Waals surface area contributed by atoms with Gasteiger partial charge in [0.15, 0.2) is 0 Å². The van der Waals surface area contributed by atoms with E-state index >= 15 is 0 Å². The number of allylic oxidation sites excluding steroid dienone is 3. The van der Waals surface area contributed by atoms with E-state index in [1.807, 2.05) is 11.1 Å². The molecule has 0 radical (unpaired) electrons. The molecule has 2 heteroatoms. The number of hydrogen-bond donors (Lipinski definition) is 0. The van der Waals surface area contributed by atoms with Crippen molar-refractivity contribution in [2.45, 2.75) is 40.5 Å². The summed E-state index contributed by atoms with van der Waals surface area (Å²) in [5.41, 5.74) is 0. The zero-order valence-corrected chi connectivity index (χ0v) is 9.92. The molecule has 0 amide bonds. The van der Waals surface area contributed by atoms with Crippen LogP contribution in [0.4, 0.5) is 0 Å². The van der Waals surface area contributed by atoms with Gasteiger partial charge in [-0.25, -0.2) is 0 Å². The van der Waals surface area contributed by atoms with E-state index in [4.69, 9.17) is 4.84 Å². The smallest absolute Gasteiger partial charge is 0.143 e. The molecule has 0 atom stereocenters. The van der Waals surface area contributed by atoms with Crippen molar-refractivity contribution in [1.29, 1.82) is 0 Å². The molecule has 0 aliphatic carbocycles. The predicted octanol–water partition coefficient (Wildman–Crippen LogP) is 3.52. The Morgan fingerprint density at radius 2 is 1.71 bits per heavy atom. The van der Waals surface area contributed by atoms with Crippen LogP contribution in [0.1, 0.15) is 40.5 Å². The predicted molar refractivity (Wildman–Crippen MR) is 61.8 cm³/mol. The highest BCUT2D eigenvalue weighted by molar-refractivity contribution is 5.11. The van der Waals surface area contributed by atoms with Gasteiger partial charge in [0, 0.05) is 13.1 Å². The molecule has 0 aromatic heterocycles. The molecule has 0 aromatic carbocycles. The summed E-state index contributed by atoms with van der Waals surface area (Å²) < 4.78 is 0. The topological polar surface area (TPSA) is 12.5 Å². The molecule has 0 saturated heterocycles. The molecule has 0 aromatic rings. The highest BCUT2D eigenvalue weighted by Crippen LogP contribution is 2.05. The van der Waals surface area contributed by atoms with Crippen molar-refractivity contribution in [3.05, 3.63) is 24.0 Å². The van der Waals surface area contributed by atoms with Gasteiger partial charge in [0.05, 0.1) is 0 Å². The zero-order chi connectivity index (χ0) is 10.8. The largest absolute Gasteiger partial charge is 0.406 e. The van der Waals surface area contributed by atoms with Gasteiger partial charge in [0.25, 0.3) is 0 Å². The fourth-order valence-corrected chi connectivity index (χ4v) is 1.07. The van der Waals surface area contributed by atoms with E-state index in [1.54, 1.807) is 0 Å². The Morgan fingerprint density at radius 3 is 2.14 bits per heavy atom. The highest BCUT2D eigenvalue weighted by atomic mass is 16.7. The summed E-state index contributed by atoms with van der Waals surface area (Å²) in [6.07, 6.45) is 8.31. The monoisotopic (exact) mass is 197 g/mol. The van der Waals surface area contributed by atoms with Gasteiger partial charge in [-0.15, -0.1) is 5.06 Å². The number of rotatable bonds is 7. The van der Waals surface area contributed by atoms with Crippen LogP contribution in [-0.2, 0) is 4.84 Å². The summed E-state index contributed by atoms with van der Waals surface area (Å²) in [6, 6.07) is 0. The molecule has 0 heterocycles. The van der Waals surface area contributed by atoms with E-state index in [0.29, 0.717) is 0 Å². The molecule has 0 aliphatic heterocycles. The van der Waals surface area contributed by atoms with E-state index in [9.17, 15) is 0 Å². The molecular weight excluding hydrogens is 174 g/mol. The van der Waals surface area contributed by atoms with Gasteiger partial charge in [-0.2, -0.15) is 0 Å². The lowest BCUT2D eigenvalue weighted by atomic mass is 10.3. The maximum atomic E-state index is 5.70. The normalized spacial score (nSPS) is 12.8. The van der Waals surface area contributed by atoms with Crippen molar-refractivity contribution < 1.29 is 4.84 Å². The zero-order valence-electron chi connectivity index (χ0n) is 9.92. The highest BCUT2D eigenvalue weighted by Gasteiger charge is 2.00. The lowest BCUT2D eigenvalue weighted by Crippen LogP contribution is -2.22. The first kappa shape index (κ1) is 13.2. The van der Waals surface area contributed by atoms with Crippen molar-refractivity contribution >= 4 is 0 Å². The number of nitrogens with zero attached hydrogens (tertiary/aromatic N) is 1. The fraction of sp³-hybridized carbons (Fsp3) is 0.667. The molecule has 0 fully saturated rings. The van der Waals surface area contributed by atoms with Crippen molar-refractivity contribution in [2.24, 2.45) is 0 Å². The van der Waals surface area contributed by atoms with Crippen LogP contribution in [0.15, 0.2) is 24.0 Å². The van der Waals surface area contributed by atoms with Gasteiger partial charge >= 0.3 is 0 Å². The van der Waals surface area contributed by atoms with E-state index < -0.39 is 0 Å². The summed E-state index contributed by atoms with van der Waals surface area (Å²) in [5.74, 6) is 0.957. The number of hydroxylamine groups is 2. The van der Waals surface area contributed by atoms with Crippen molar-refractivity contribution in [3.8, 4) is 0 Å². The minimum absolute atomic E-state index is 0.914. The fourth-order valence-electron chi connectivity index (χ4n) is 1.07. The van der Waals surface area contributed by atoms with Gasteiger partial charge < -0.3 is 4.84 Å². The molecular formula is C12H23NO. The minimum Gasteiger partial charge on any atom is -0.406 e. The minimum atomic E-state index is 0.914.